The predicted octanol–water partition coefficient (Wildman–Crippen LogP) is 6.31. The topological polar surface area (TPSA) is 53.4 Å². The lowest BCUT2D eigenvalue weighted by atomic mass is 10.1. The summed E-state index contributed by atoms with van der Waals surface area (Å²) < 4.78 is 87.5. The Labute approximate surface area is 190 Å². The van der Waals surface area contributed by atoms with Crippen molar-refractivity contribution in [3.05, 3.63) is 82.7 Å². The Morgan fingerprint density at radius 3 is 2.44 bits per heavy atom. The Bertz CT molecular complexity index is 1180. The van der Waals surface area contributed by atoms with Crippen LogP contribution >= 0.6 is 0 Å². The van der Waals surface area contributed by atoms with E-state index in [2.05, 4.69) is 9.84 Å². The monoisotopic (exact) mass is 484 g/mol. The molecule has 180 valence electrons. The van der Waals surface area contributed by atoms with Crippen LogP contribution in [0.15, 0.2) is 54.6 Å². The summed E-state index contributed by atoms with van der Waals surface area (Å²) >= 11 is 0. The molecule has 0 amide bonds. The van der Waals surface area contributed by atoms with Crippen molar-refractivity contribution in [2.45, 2.75) is 26.0 Å². The van der Waals surface area contributed by atoms with E-state index in [9.17, 15) is 31.1 Å². The summed E-state index contributed by atoms with van der Waals surface area (Å²) in [6, 6.07) is 10.6. The van der Waals surface area contributed by atoms with Crippen molar-refractivity contribution in [3.63, 3.8) is 0 Å². The standard InChI is InChI=1S/C23H18F6N2O3/c1-33-20-8-6-13(5-7-19(32)14-3-2-4-16(10-14)34-23(28)29)9-15(20)12-31-18(22(26)27)11-17(30-31)21(24)25/h2-11,21-23H,12H2,1H3/b7-5+. The lowest BCUT2D eigenvalue weighted by Crippen LogP contribution is -2.08. The Morgan fingerprint density at radius 2 is 1.79 bits per heavy atom. The van der Waals surface area contributed by atoms with Crippen molar-refractivity contribution >= 4 is 11.9 Å². The zero-order valence-corrected chi connectivity index (χ0v) is 17.6. The summed E-state index contributed by atoms with van der Waals surface area (Å²) in [6.07, 6.45) is -3.41. The summed E-state index contributed by atoms with van der Waals surface area (Å²) in [4.78, 5) is 12.4. The zero-order chi connectivity index (χ0) is 24.8. The van der Waals surface area contributed by atoms with Gasteiger partial charge in [-0.05, 0) is 42.0 Å². The van der Waals surface area contributed by atoms with Crippen LogP contribution in [0.4, 0.5) is 26.3 Å². The molecule has 34 heavy (non-hydrogen) atoms. The van der Waals surface area contributed by atoms with Crippen LogP contribution in [0.2, 0.25) is 0 Å². The third-order valence-electron chi connectivity index (χ3n) is 4.67. The molecule has 0 unspecified atom stereocenters. The van der Waals surface area contributed by atoms with Crippen LogP contribution in [-0.4, -0.2) is 29.3 Å². The number of carbonyl (C=O) groups excluding carboxylic acids is 1. The average molecular weight is 484 g/mol. The molecule has 0 saturated carbocycles. The van der Waals surface area contributed by atoms with Crippen LogP contribution < -0.4 is 9.47 Å². The molecule has 5 nitrogen and oxygen atoms in total. The van der Waals surface area contributed by atoms with Crippen LogP contribution in [0.5, 0.6) is 11.5 Å². The fourth-order valence-electron chi connectivity index (χ4n) is 3.14. The molecule has 1 aromatic heterocycles. The predicted molar refractivity (Wildman–Crippen MR) is 111 cm³/mol. The fourth-order valence-corrected chi connectivity index (χ4v) is 3.14. The maximum absolute atomic E-state index is 13.3. The van der Waals surface area contributed by atoms with E-state index in [-0.39, 0.29) is 17.9 Å². The molecule has 0 bridgehead atoms. The number of ketones is 1. The third-order valence-corrected chi connectivity index (χ3v) is 4.67. The van der Waals surface area contributed by atoms with Crippen LogP contribution in [0.1, 0.15) is 45.7 Å². The Morgan fingerprint density at radius 1 is 1.03 bits per heavy atom. The largest absolute Gasteiger partial charge is 0.496 e. The molecule has 2 aromatic carbocycles. The summed E-state index contributed by atoms with van der Waals surface area (Å²) in [6.45, 7) is -3.31. The Balaban J connectivity index is 1.85. The number of methoxy groups -OCH3 is 1. The first kappa shape index (κ1) is 24.9. The first-order valence-electron chi connectivity index (χ1n) is 9.76. The van der Waals surface area contributed by atoms with Crippen molar-refractivity contribution in [3.8, 4) is 11.5 Å². The van der Waals surface area contributed by atoms with Gasteiger partial charge in [0.15, 0.2) is 5.78 Å². The molecule has 0 aliphatic carbocycles. The SMILES string of the molecule is COc1ccc(/C=C/C(=O)c2cccc(OC(F)F)c2)cc1Cn1nc(C(F)F)cc1C(F)F. The number of benzene rings is 2. The highest BCUT2D eigenvalue weighted by atomic mass is 19.3. The van der Waals surface area contributed by atoms with Crippen molar-refractivity contribution in [1.29, 1.82) is 0 Å². The van der Waals surface area contributed by atoms with Crippen molar-refractivity contribution < 1.29 is 40.6 Å². The number of halogens is 6. The van der Waals surface area contributed by atoms with Crippen LogP contribution in [0, 0.1) is 0 Å². The van der Waals surface area contributed by atoms with Gasteiger partial charge in [-0.25, -0.2) is 17.6 Å². The van der Waals surface area contributed by atoms with Crippen LogP contribution in [0.3, 0.4) is 0 Å². The molecule has 0 atom stereocenters. The van der Waals surface area contributed by atoms with Gasteiger partial charge in [0.2, 0.25) is 0 Å². The second-order valence-corrected chi connectivity index (χ2v) is 6.93. The molecule has 0 saturated heterocycles. The molecule has 0 N–H and O–H groups in total. The molecule has 0 aliphatic rings. The molecule has 0 radical (unpaired) electrons. The normalized spacial score (nSPS) is 11.7. The summed E-state index contributed by atoms with van der Waals surface area (Å²) in [5.74, 6) is -0.362. The summed E-state index contributed by atoms with van der Waals surface area (Å²) in [5.41, 5.74) is -0.492. The minimum atomic E-state index is -3.03. The summed E-state index contributed by atoms with van der Waals surface area (Å²) in [7, 11) is 1.36. The molecule has 3 aromatic rings. The molecule has 3 rings (SSSR count). The van der Waals surface area contributed by atoms with Crippen LogP contribution in [-0.2, 0) is 6.54 Å². The number of nitrogens with zero attached hydrogens (tertiary/aromatic N) is 2. The Kier molecular flexibility index (Phi) is 7.98. The van der Waals surface area contributed by atoms with Crippen molar-refractivity contribution in [1.82, 2.24) is 9.78 Å². The lowest BCUT2D eigenvalue weighted by Gasteiger charge is -2.12. The van der Waals surface area contributed by atoms with Crippen LogP contribution in [0.25, 0.3) is 6.08 Å². The average Bonchev–Trinajstić information content (AvgIpc) is 3.22. The first-order chi connectivity index (χ1) is 16.2. The fraction of sp³-hybridized carbons (Fsp3) is 0.217. The van der Waals surface area contributed by atoms with E-state index in [0.29, 0.717) is 22.9 Å². The third kappa shape index (κ3) is 6.18. The number of allylic oxidation sites excluding steroid dienone is 1. The van der Waals surface area contributed by atoms with Gasteiger partial charge in [-0.3, -0.25) is 9.48 Å². The second-order valence-electron chi connectivity index (χ2n) is 6.93. The minimum Gasteiger partial charge on any atom is -0.496 e. The quantitative estimate of drug-likeness (QED) is 0.192. The highest BCUT2D eigenvalue weighted by molar-refractivity contribution is 6.07. The molecule has 11 heteroatoms. The lowest BCUT2D eigenvalue weighted by molar-refractivity contribution is -0.0498. The van der Waals surface area contributed by atoms with E-state index >= 15 is 0 Å². The molecule has 1 heterocycles. The Hall–Kier alpha value is -3.76. The van der Waals surface area contributed by atoms with Gasteiger partial charge >= 0.3 is 6.61 Å². The van der Waals surface area contributed by atoms with E-state index in [1.165, 1.54) is 55.7 Å². The number of ether oxygens (including phenoxy) is 2. The van der Waals surface area contributed by atoms with E-state index in [1.807, 2.05) is 0 Å². The number of hydrogen-bond acceptors (Lipinski definition) is 4. The minimum absolute atomic E-state index is 0.112. The molecular weight excluding hydrogens is 466 g/mol. The van der Waals surface area contributed by atoms with Gasteiger partial charge in [0, 0.05) is 11.1 Å². The number of alkyl halides is 6. The number of hydrogen-bond donors (Lipinski definition) is 0. The van der Waals surface area contributed by atoms with Gasteiger partial charge in [-0.1, -0.05) is 24.3 Å². The second kappa shape index (κ2) is 10.9. The molecule has 0 aliphatic heterocycles. The van der Waals surface area contributed by atoms with Crippen molar-refractivity contribution in [2.75, 3.05) is 7.11 Å². The summed E-state index contributed by atoms with van der Waals surface area (Å²) in [5, 5.41) is 3.57. The zero-order valence-electron chi connectivity index (χ0n) is 17.6. The van der Waals surface area contributed by atoms with Crippen molar-refractivity contribution in [2.24, 2.45) is 0 Å². The van der Waals surface area contributed by atoms with Gasteiger partial charge in [0.25, 0.3) is 12.9 Å². The van der Waals surface area contributed by atoms with E-state index in [1.54, 1.807) is 6.07 Å². The number of carbonyl (C=O) groups is 1. The highest BCUT2D eigenvalue weighted by Crippen LogP contribution is 2.28. The smallest absolute Gasteiger partial charge is 0.387 e. The van der Waals surface area contributed by atoms with E-state index < -0.39 is 36.6 Å². The van der Waals surface area contributed by atoms with E-state index in [4.69, 9.17) is 4.74 Å². The van der Waals surface area contributed by atoms with Gasteiger partial charge in [-0.15, -0.1) is 0 Å². The van der Waals surface area contributed by atoms with Gasteiger partial charge in [-0.2, -0.15) is 13.9 Å². The van der Waals surface area contributed by atoms with E-state index in [0.717, 1.165) is 4.68 Å². The molecule has 0 spiro atoms. The molecular formula is C23H18F6N2O3. The maximum atomic E-state index is 13.3. The van der Waals surface area contributed by atoms with Gasteiger partial charge in [0.05, 0.1) is 13.7 Å². The number of rotatable bonds is 10. The number of aromatic nitrogens is 2. The first-order valence-corrected chi connectivity index (χ1v) is 9.76. The van der Waals surface area contributed by atoms with Gasteiger partial charge < -0.3 is 9.47 Å². The highest BCUT2D eigenvalue weighted by Gasteiger charge is 2.22. The maximum Gasteiger partial charge on any atom is 0.387 e. The molecule has 0 fully saturated rings. The van der Waals surface area contributed by atoms with Gasteiger partial charge in [0.1, 0.15) is 22.9 Å².